The highest BCUT2D eigenvalue weighted by Gasteiger charge is 2.07. The Morgan fingerprint density at radius 2 is 1.78 bits per heavy atom. The summed E-state index contributed by atoms with van der Waals surface area (Å²) in [5.41, 5.74) is 3.83. The lowest BCUT2D eigenvalue weighted by atomic mass is 10.0. The minimum Gasteiger partial charge on any atom is -0.361 e. The number of carbonyl (C=O) groups is 1. The standard InChI is InChI=1S/C15H10ClNO/c16-14-6-5-12(15-13(14)7-8-17-15)11-3-1-10(9-18)2-4-11/h1-9,17H. The van der Waals surface area contributed by atoms with Crippen molar-refractivity contribution in [1.82, 2.24) is 4.98 Å². The molecule has 3 rings (SSSR count). The Labute approximate surface area is 109 Å². The van der Waals surface area contributed by atoms with E-state index in [0.717, 1.165) is 33.3 Å². The number of nitrogens with one attached hydrogen (secondary N) is 1. The van der Waals surface area contributed by atoms with Crippen molar-refractivity contribution >= 4 is 28.8 Å². The predicted molar refractivity (Wildman–Crippen MR) is 74.1 cm³/mol. The van der Waals surface area contributed by atoms with Crippen LogP contribution in [0.15, 0.2) is 48.7 Å². The lowest BCUT2D eigenvalue weighted by Gasteiger charge is -2.05. The van der Waals surface area contributed by atoms with E-state index >= 15 is 0 Å². The summed E-state index contributed by atoms with van der Waals surface area (Å²) in [5.74, 6) is 0. The van der Waals surface area contributed by atoms with Gasteiger partial charge in [0.25, 0.3) is 0 Å². The first-order valence-electron chi connectivity index (χ1n) is 5.61. The van der Waals surface area contributed by atoms with E-state index in [0.29, 0.717) is 5.56 Å². The van der Waals surface area contributed by atoms with Crippen LogP contribution in [0.25, 0.3) is 22.0 Å². The molecule has 1 heterocycles. The van der Waals surface area contributed by atoms with Crippen molar-refractivity contribution in [2.24, 2.45) is 0 Å². The molecular formula is C15H10ClNO. The van der Waals surface area contributed by atoms with Gasteiger partial charge in [-0.25, -0.2) is 0 Å². The molecule has 0 unspecified atom stereocenters. The van der Waals surface area contributed by atoms with Crippen molar-refractivity contribution < 1.29 is 4.79 Å². The topological polar surface area (TPSA) is 32.9 Å². The summed E-state index contributed by atoms with van der Waals surface area (Å²) >= 11 is 6.14. The Balaban J connectivity index is 2.21. The van der Waals surface area contributed by atoms with Gasteiger partial charge in [-0.2, -0.15) is 0 Å². The van der Waals surface area contributed by atoms with Crippen molar-refractivity contribution in [3.63, 3.8) is 0 Å². The maximum atomic E-state index is 10.6. The minimum absolute atomic E-state index is 0.676. The SMILES string of the molecule is O=Cc1ccc(-c2ccc(Cl)c3cc[nH]c23)cc1. The third-order valence-electron chi connectivity index (χ3n) is 3.03. The van der Waals surface area contributed by atoms with Crippen molar-refractivity contribution in [1.29, 1.82) is 0 Å². The summed E-state index contributed by atoms with van der Waals surface area (Å²) in [6.45, 7) is 0. The average Bonchev–Trinajstić information content (AvgIpc) is 2.90. The molecular weight excluding hydrogens is 246 g/mol. The number of aldehydes is 1. The fourth-order valence-electron chi connectivity index (χ4n) is 2.10. The van der Waals surface area contributed by atoms with Gasteiger partial charge in [-0.15, -0.1) is 0 Å². The molecule has 18 heavy (non-hydrogen) atoms. The van der Waals surface area contributed by atoms with Gasteiger partial charge < -0.3 is 4.98 Å². The molecule has 1 N–H and O–H groups in total. The van der Waals surface area contributed by atoms with Crippen molar-refractivity contribution in [2.75, 3.05) is 0 Å². The van der Waals surface area contributed by atoms with E-state index in [1.165, 1.54) is 0 Å². The zero-order valence-electron chi connectivity index (χ0n) is 9.48. The zero-order valence-corrected chi connectivity index (χ0v) is 10.2. The summed E-state index contributed by atoms with van der Waals surface area (Å²) in [6, 6.07) is 13.3. The molecule has 88 valence electrons. The number of hydrogen-bond donors (Lipinski definition) is 1. The molecule has 0 bridgehead atoms. The number of halogens is 1. The highest BCUT2D eigenvalue weighted by Crippen LogP contribution is 2.32. The molecule has 0 aliphatic heterocycles. The maximum Gasteiger partial charge on any atom is 0.150 e. The van der Waals surface area contributed by atoms with Gasteiger partial charge in [0, 0.05) is 27.7 Å². The number of rotatable bonds is 2. The van der Waals surface area contributed by atoms with Crippen LogP contribution in [0.5, 0.6) is 0 Å². The van der Waals surface area contributed by atoms with Crippen LogP contribution < -0.4 is 0 Å². The van der Waals surface area contributed by atoms with Gasteiger partial charge in [0.05, 0.1) is 5.52 Å². The van der Waals surface area contributed by atoms with E-state index in [4.69, 9.17) is 11.6 Å². The lowest BCUT2D eigenvalue weighted by molar-refractivity contribution is 0.112. The highest BCUT2D eigenvalue weighted by atomic mass is 35.5. The molecule has 0 saturated carbocycles. The van der Waals surface area contributed by atoms with Gasteiger partial charge in [0.15, 0.2) is 0 Å². The number of hydrogen-bond acceptors (Lipinski definition) is 1. The van der Waals surface area contributed by atoms with Crippen LogP contribution in [-0.2, 0) is 0 Å². The second kappa shape index (κ2) is 4.31. The first-order valence-corrected chi connectivity index (χ1v) is 5.98. The quantitative estimate of drug-likeness (QED) is 0.681. The summed E-state index contributed by atoms with van der Waals surface area (Å²) in [4.78, 5) is 13.8. The van der Waals surface area contributed by atoms with Crippen LogP contribution in [0.1, 0.15) is 10.4 Å². The molecule has 3 heteroatoms. The zero-order chi connectivity index (χ0) is 12.5. The van der Waals surface area contributed by atoms with Gasteiger partial charge >= 0.3 is 0 Å². The summed E-state index contributed by atoms with van der Waals surface area (Å²) in [5, 5.41) is 1.74. The minimum atomic E-state index is 0.676. The van der Waals surface area contributed by atoms with E-state index in [-0.39, 0.29) is 0 Å². The number of fused-ring (bicyclic) bond motifs is 1. The molecule has 0 fully saturated rings. The fraction of sp³-hybridized carbons (Fsp3) is 0. The van der Waals surface area contributed by atoms with Crippen molar-refractivity contribution in [2.45, 2.75) is 0 Å². The molecule has 0 amide bonds. The van der Waals surface area contributed by atoms with Crippen LogP contribution in [0.2, 0.25) is 5.02 Å². The van der Waals surface area contributed by atoms with E-state index in [1.54, 1.807) is 0 Å². The largest absolute Gasteiger partial charge is 0.361 e. The number of aromatic amines is 1. The van der Waals surface area contributed by atoms with E-state index in [2.05, 4.69) is 4.98 Å². The van der Waals surface area contributed by atoms with Crippen LogP contribution in [0.4, 0.5) is 0 Å². The van der Waals surface area contributed by atoms with Gasteiger partial charge in [0.2, 0.25) is 0 Å². The van der Waals surface area contributed by atoms with Crippen molar-refractivity contribution in [3.8, 4) is 11.1 Å². The molecule has 0 saturated heterocycles. The number of H-pyrrole nitrogens is 1. The smallest absolute Gasteiger partial charge is 0.150 e. The Kier molecular flexibility index (Phi) is 2.65. The Hall–Kier alpha value is -2.06. The first-order chi connectivity index (χ1) is 8.79. The second-order valence-corrected chi connectivity index (χ2v) is 4.51. The molecule has 2 aromatic carbocycles. The van der Waals surface area contributed by atoms with Crippen LogP contribution in [0.3, 0.4) is 0 Å². The van der Waals surface area contributed by atoms with Crippen molar-refractivity contribution in [3.05, 3.63) is 59.2 Å². The number of carbonyl (C=O) groups excluding carboxylic acids is 1. The second-order valence-electron chi connectivity index (χ2n) is 4.10. The molecule has 0 radical (unpaired) electrons. The monoisotopic (exact) mass is 255 g/mol. The van der Waals surface area contributed by atoms with E-state index in [9.17, 15) is 4.79 Å². The molecule has 3 aromatic rings. The van der Waals surface area contributed by atoms with E-state index < -0.39 is 0 Å². The summed E-state index contributed by atoms with van der Waals surface area (Å²) in [7, 11) is 0. The average molecular weight is 256 g/mol. The lowest BCUT2D eigenvalue weighted by Crippen LogP contribution is -1.83. The molecule has 1 aromatic heterocycles. The van der Waals surface area contributed by atoms with Gasteiger partial charge in [-0.05, 0) is 17.7 Å². The molecule has 0 spiro atoms. The normalized spacial score (nSPS) is 10.7. The predicted octanol–water partition coefficient (Wildman–Crippen LogP) is 4.30. The first kappa shape index (κ1) is 11.1. The highest BCUT2D eigenvalue weighted by molar-refractivity contribution is 6.35. The van der Waals surface area contributed by atoms with Gasteiger partial charge in [-0.1, -0.05) is 41.9 Å². The van der Waals surface area contributed by atoms with Crippen LogP contribution in [0, 0.1) is 0 Å². The molecule has 0 aliphatic carbocycles. The maximum absolute atomic E-state index is 10.6. The van der Waals surface area contributed by atoms with Crippen LogP contribution >= 0.6 is 11.6 Å². The molecule has 0 aliphatic rings. The summed E-state index contributed by atoms with van der Waals surface area (Å²) < 4.78 is 0. The van der Waals surface area contributed by atoms with Gasteiger partial charge in [0.1, 0.15) is 6.29 Å². The van der Waals surface area contributed by atoms with E-state index in [1.807, 2.05) is 48.7 Å². The number of benzene rings is 2. The summed E-state index contributed by atoms with van der Waals surface area (Å²) in [6.07, 6.45) is 2.72. The van der Waals surface area contributed by atoms with Crippen LogP contribution in [-0.4, -0.2) is 11.3 Å². The fourth-order valence-corrected chi connectivity index (χ4v) is 2.32. The molecule has 2 nitrogen and oxygen atoms in total. The Morgan fingerprint density at radius 1 is 1.00 bits per heavy atom. The molecule has 0 atom stereocenters. The Bertz CT molecular complexity index is 713. The number of aromatic nitrogens is 1. The van der Waals surface area contributed by atoms with Gasteiger partial charge in [-0.3, -0.25) is 4.79 Å². The third-order valence-corrected chi connectivity index (χ3v) is 3.36. The Morgan fingerprint density at radius 3 is 2.50 bits per heavy atom. The third kappa shape index (κ3) is 1.71.